The van der Waals surface area contributed by atoms with Crippen molar-refractivity contribution in [2.75, 3.05) is 42.9 Å². The molecule has 0 spiro atoms. The van der Waals surface area contributed by atoms with E-state index in [0.29, 0.717) is 24.5 Å². The summed E-state index contributed by atoms with van der Waals surface area (Å²) in [5.41, 5.74) is 1.34. The van der Waals surface area contributed by atoms with Crippen LogP contribution in [0.4, 0.5) is 11.4 Å². The van der Waals surface area contributed by atoms with Crippen LogP contribution in [0.25, 0.3) is 0 Å². The van der Waals surface area contributed by atoms with Gasteiger partial charge in [0.15, 0.2) is 13.1 Å². The van der Waals surface area contributed by atoms with Crippen LogP contribution in [0.3, 0.4) is 0 Å². The van der Waals surface area contributed by atoms with E-state index < -0.39 is 0 Å². The van der Waals surface area contributed by atoms with E-state index in [-0.39, 0.29) is 37.4 Å². The second kappa shape index (κ2) is 7.73. The molecule has 1 unspecified atom stereocenters. The number of likely N-dealkylation sites (N-methyl/N-ethyl adjacent to an activating group) is 2. The van der Waals surface area contributed by atoms with Crippen molar-refractivity contribution in [2.24, 2.45) is 0 Å². The molecular weight excluding hydrogens is 296 g/mol. The number of fused-ring (bicyclic) bond motifs is 1. The lowest BCUT2D eigenvalue weighted by atomic mass is 10.2. The molecule has 7 heteroatoms. The van der Waals surface area contributed by atoms with Crippen LogP contribution in [-0.4, -0.2) is 50.4 Å². The van der Waals surface area contributed by atoms with E-state index in [0.717, 1.165) is 4.90 Å². The molecule has 0 radical (unpaired) electrons. The van der Waals surface area contributed by atoms with E-state index in [2.05, 4.69) is 10.6 Å². The van der Waals surface area contributed by atoms with Crippen LogP contribution >= 0.6 is 0 Å². The van der Waals surface area contributed by atoms with Gasteiger partial charge in [0.05, 0.1) is 17.9 Å². The van der Waals surface area contributed by atoms with E-state index in [9.17, 15) is 14.4 Å². The quantitative estimate of drug-likeness (QED) is 0.630. The van der Waals surface area contributed by atoms with E-state index in [1.165, 1.54) is 4.90 Å². The van der Waals surface area contributed by atoms with Crippen LogP contribution in [0.15, 0.2) is 24.3 Å². The van der Waals surface area contributed by atoms with Crippen LogP contribution in [-0.2, 0) is 14.4 Å². The van der Waals surface area contributed by atoms with Gasteiger partial charge in [-0.2, -0.15) is 0 Å². The number of para-hydroxylation sites is 2. The van der Waals surface area contributed by atoms with Gasteiger partial charge in [0.1, 0.15) is 6.54 Å². The van der Waals surface area contributed by atoms with Crippen molar-refractivity contribution in [1.82, 2.24) is 5.32 Å². The summed E-state index contributed by atoms with van der Waals surface area (Å²) < 4.78 is 0. The molecule has 1 aromatic rings. The highest BCUT2D eigenvalue weighted by molar-refractivity contribution is 6.10. The highest BCUT2D eigenvalue weighted by atomic mass is 16.2. The summed E-state index contributed by atoms with van der Waals surface area (Å²) in [7, 11) is 0. The van der Waals surface area contributed by atoms with Crippen molar-refractivity contribution < 1.29 is 19.3 Å². The normalized spacial score (nSPS) is 14.7. The SMILES string of the molecule is CCNC(=O)C[NH+](CC)CC(=O)N1CC(=O)Nc2ccccc21. The molecule has 0 aliphatic carbocycles. The number of quaternary nitrogens is 1. The van der Waals surface area contributed by atoms with Gasteiger partial charge in [0, 0.05) is 6.54 Å². The molecule has 3 amide bonds. The maximum Gasteiger partial charge on any atom is 0.282 e. The fraction of sp³-hybridized carbons (Fsp3) is 0.438. The molecule has 0 saturated carbocycles. The third kappa shape index (κ3) is 4.29. The summed E-state index contributed by atoms with van der Waals surface area (Å²) in [5.74, 6) is -0.443. The molecule has 0 saturated heterocycles. The first-order valence-corrected chi connectivity index (χ1v) is 7.84. The average molecular weight is 319 g/mol. The number of rotatable bonds is 6. The second-order valence-electron chi connectivity index (χ2n) is 5.46. The third-order valence-corrected chi connectivity index (χ3v) is 3.76. The minimum atomic E-state index is -0.209. The van der Waals surface area contributed by atoms with Gasteiger partial charge in [-0.1, -0.05) is 12.1 Å². The molecule has 0 bridgehead atoms. The first-order chi connectivity index (χ1) is 11.0. The largest absolute Gasteiger partial charge is 0.351 e. The van der Waals surface area contributed by atoms with Gasteiger partial charge in [-0.15, -0.1) is 0 Å². The van der Waals surface area contributed by atoms with Crippen LogP contribution in [0.1, 0.15) is 13.8 Å². The first-order valence-electron chi connectivity index (χ1n) is 7.84. The van der Waals surface area contributed by atoms with Crippen LogP contribution in [0.5, 0.6) is 0 Å². The summed E-state index contributed by atoms with van der Waals surface area (Å²) in [6.07, 6.45) is 0. The molecule has 1 aliphatic heterocycles. The van der Waals surface area contributed by atoms with Gasteiger partial charge in [-0.25, -0.2) is 0 Å². The van der Waals surface area contributed by atoms with Crippen molar-refractivity contribution in [3.8, 4) is 0 Å². The van der Waals surface area contributed by atoms with Crippen molar-refractivity contribution >= 4 is 29.1 Å². The summed E-state index contributed by atoms with van der Waals surface area (Å²) in [6, 6.07) is 7.22. The van der Waals surface area contributed by atoms with Crippen LogP contribution in [0, 0.1) is 0 Å². The van der Waals surface area contributed by atoms with Crippen molar-refractivity contribution in [2.45, 2.75) is 13.8 Å². The summed E-state index contributed by atoms with van der Waals surface area (Å²) >= 11 is 0. The highest BCUT2D eigenvalue weighted by Gasteiger charge is 2.29. The number of carbonyl (C=O) groups is 3. The molecule has 1 aromatic carbocycles. The number of benzene rings is 1. The van der Waals surface area contributed by atoms with Gasteiger partial charge >= 0.3 is 0 Å². The topological polar surface area (TPSA) is 83.0 Å². The Morgan fingerprint density at radius 1 is 1.26 bits per heavy atom. The number of hydrogen-bond acceptors (Lipinski definition) is 3. The second-order valence-corrected chi connectivity index (χ2v) is 5.46. The summed E-state index contributed by atoms with van der Waals surface area (Å²) in [6.45, 7) is 5.45. The predicted octanol–water partition coefficient (Wildman–Crippen LogP) is -0.987. The van der Waals surface area contributed by atoms with E-state index in [1.54, 1.807) is 6.07 Å². The molecule has 1 aliphatic rings. The predicted molar refractivity (Wildman–Crippen MR) is 87.3 cm³/mol. The lowest BCUT2D eigenvalue weighted by Gasteiger charge is -2.30. The Morgan fingerprint density at radius 2 is 2.00 bits per heavy atom. The molecule has 124 valence electrons. The fourth-order valence-corrected chi connectivity index (χ4v) is 2.56. The Kier molecular flexibility index (Phi) is 5.70. The average Bonchev–Trinajstić information content (AvgIpc) is 2.53. The molecule has 7 nitrogen and oxygen atoms in total. The van der Waals surface area contributed by atoms with E-state index >= 15 is 0 Å². The van der Waals surface area contributed by atoms with Crippen LogP contribution in [0.2, 0.25) is 0 Å². The number of nitrogens with one attached hydrogen (secondary N) is 3. The number of nitrogens with zero attached hydrogens (tertiary/aromatic N) is 1. The summed E-state index contributed by atoms with van der Waals surface area (Å²) in [4.78, 5) is 38.4. The number of carbonyl (C=O) groups excluding carboxylic acids is 3. The van der Waals surface area contributed by atoms with Crippen molar-refractivity contribution in [1.29, 1.82) is 0 Å². The molecule has 1 atom stereocenters. The molecule has 0 aromatic heterocycles. The zero-order chi connectivity index (χ0) is 16.8. The zero-order valence-electron chi connectivity index (χ0n) is 13.5. The standard InChI is InChI=1S/C16H22N4O3/c1-3-17-14(21)9-19(4-2)11-16(23)20-10-15(22)18-12-7-5-6-8-13(12)20/h5-8H,3-4,9-11H2,1-2H3,(H,17,21)(H,18,22)/p+1. The fourth-order valence-electron chi connectivity index (χ4n) is 2.56. The Bertz CT molecular complexity index is 603. The van der Waals surface area contributed by atoms with E-state index in [4.69, 9.17) is 0 Å². The third-order valence-electron chi connectivity index (χ3n) is 3.76. The van der Waals surface area contributed by atoms with Crippen molar-refractivity contribution in [3.05, 3.63) is 24.3 Å². The van der Waals surface area contributed by atoms with Gasteiger partial charge in [0.25, 0.3) is 11.8 Å². The maximum absolute atomic E-state index is 12.6. The Morgan fingerprint density at radius 3 is 2.70 bits per heavy atom. The monoisotopic (exact) mass is 319 g/mol. The molecule has 1 heterocycles. The maximum atomic E-state index is 12.6. The molecule has 3 N–H and O–H groups in total. The number of amides is 3. The van der Waals surface area contributed by atoms with Gasteiger partial charge < -0.3 is 15.5 Å². The van der Waals surface area contributed by atoms with Crippen LogP contribution < -0.4 is 20.4 Å². The Balaban J connectivity index is 2.07. The Labute approximate surface area is 135 Å². The van der Waals surface area contributed by atoms with Gasteiger partial charge in [-0.05, 0) is 26.0 Å². The van der Waals surface area contributed by atoms with Crippen molar-refractivity contribution in [3.63, 3.8) is 0 Å². The summed E-state index contributed by atoms with van der Waals surface area (Å²) in [5, 5.41) is 5.49. The lowest BCUT2D eigenvalue weighted by Crippen LogP contribution is -3.14. The number of anilines is 2. The minimum absolute atomic E-state index is 0.00793. The zero-order valence-corrected chi connectivity index (χ0v) is 13.5. The number of hydrogen-bond donors (Lipinski definition) is 3. The van der Waals surface area contributed by atoms with Gasteiger partial charge in [0.2, 0.25) is 5.91 Å². The first kappa shape index (κ1) is 17.0. The smallest absolute Gasteiger partial charge is 0.282 e. The van der Waals surface area contributed by atoms with E-state index in [1.807, 2.05) is 32.0 Å². The lowest BCUT2D eigenvalue weighted by molar-refractivity contribution is -0.881. The molecule has 0 fully saturated rings. The molecule has 2 rings (SSSR count). The van der Waals surface area contributed by atoms with Gasteiger partial charge in [-0.3, -0.25) is 19.3 Å². The molecular formula is C16H23N4O3+. The molecule has 23 heavy (non-hydrogen) atoms. The highest BCUT2D eigenvalue weighted by Crippen LogP contribution is 2.28. The minimum Gasteiger partial charge on any atom is -0.351 e. The Hall–Kier alpha value is -2.41.